The van der Waals surface area contributed by atoms with Gasteiger partial charge in [-0.15, -0.1) is 0 Å². The topological polar surface area (TPSA) is 161 Å². The number of anilines is 1. The summed E-state index contributed by atoms with van der Waals surface area (Å²) in [7, 11) is 0. The van der Waals surface area contributed by atoms with Crippen LogP contribution in [0.1, 0.15) is 55.1 Å². The molecule has 3 amide bonds. The molecule has 2 heterocycles. The van der Waals surface area contributed by atoms with E-state index in [0.29, 0.717) is 60.1 Å². The molecule has 262 valence electrons. The van der Waals surface area contributed by atoms with Crippen LogP contribution in [-0.2, 0) is 25.7 Å². The van der Waals surface area contributed by atoms with E-state index in [1.165, 1.54) is 12.1 Å². The van der Waals surface area contributed by atoms with Gasteiger partial charge in [-0.25, -0.2) is 9.18 Å². The van der Waals surface area contributed by atoms with Crippen LogP contribution in [0.25, 0.3) is 22.4 Å². The van der Waals surface area contributed by atoms with Crippen LogP contribution < -0.4 is 11.1 Å². The van der Waals surface area contributed by atoms with Crippen molar-refractivity contribution < 1.29 is 38.2 Å². The molecule has 1 aromatic heterocycles. The van der Waals surface area contributed by atoms with Gasteiger partial charge in [0.25, 0.3) is 5.91 Å². The fourth-order valence-electron chi connectivity index (χ4n) is 5.77. The molecule has 0 bridgehead atoms. The number of para-hydroxylation sites is 1. The summed E-state index contributed by atoms with van der Waals surface area (Å²) >= 11 is 0. The number of nitrogens with zero attached hydrogens (tertiary/aromatic N) is 2. The zero-order valence-electron chi connectivity index (χ0n) is 28.1. The normalized spacial score (nSPS) is 12.5. The summed E-state index contributed by atoms with van der Waals surface area (Å²) in [6.45, 7) is 6.54. The summed E-state index contributed by atoms with van der Waals surface area (Å²) in [5.41, 5.74) is 9.44. The molecule has 11 nitrogen and oxygen atoms in total. The van der Waals surface area contributed by atoms with Gasteiger partial charge in [0.1, 0.15) is 18.0 Å². The fourth-order valence-corrected chi connectivity index (χ4v) is 5.77. The molecule has 3 aromatic carbocycles. The zero-order chi connectivity index (χ0) is 36.2. The molecule has 4 N–H and O–H groups in total. The van der Waals surface area contributed by atoms with Gasteiger partial charge < -0.3 is 30.4 Å². The lowest BCUT2D eigenvalue weighted by Crippen LogP contribution is -2.43. The van der Waals surface area contributed by atoms with E-state index in [-0.39, 0.29) is 30.8 Å². The van der Waals surface area contributed by atoms with Crippen LogP contribution in [0.15, 0.2) is 84.9 Å². The number of ether oxygens (including phenoxy) is 1. The van der Waals surface area contributed by atoms with Crippen LogP contribution in [0.2, 0.25) is 0 Å². The molecule has 0 saturated carbocycles. The van der Waals surface area contributed by atoms with Crippen molar-refractivity contribution in [2.45, 2.75) is 45.6 Å². The molecule has 1 fully saturated rings. The zero-order valence-corrected chi connectivity index (χ0v) is 28.1. The highest BCUT2D eigenvalue weighted by Gasteiger charge is 2.31. The number of carbonyl (C=O) groups excluding carboxylic acids is 4. The molecule has 12 heteroatoms. The van der Waals surface area contributed by atoms with Crippen LogP contribution in [0, 0.1) is 5.82 Å². The maximum Gasteiger partial charge on any atom is 0.314 e. The molecule has 0 aliphatic carbocycles. The Morgan fingerprint density at radius 1 is 0.840 bits per heavy atom. The lowest BCUT2D eigenvalue weighted by molar-refractivity contribution is -0.140. The number of hydrogen-bond acceptors (Lipinski definition) is 6. The number of rotatable bonds is 12. The first-order valence-corrected chi connectivity index (χ1v) is 16.3. The number of carboxylic acids is 1. The molecule has 1 aliphatic rings. The third-order valence-corrected chi connectivity index (χ3v) is 7.97. The lowest BCUT2D eigenvalue weighted by atomic mass is 9.94. The molecule has 1 aliphatic heterocycles. The second-order valence-electron chi connectivity index (χ2n) is 12.0. The van der Waals surface area contributed by atoms with E-state index in [1.54, 1.807) is 29.2 Å². The van der Waals surface area contributed by atoms with E-state index in [9.17, 15) is 28.4 Å². The number of benzene rings is 3. The lowest BCUT2D eigenvalue weighted by Gasteiger charge is -2.24. The highest BCUT2D eigenvalue weighted by molar-refractivity contribution is 6.12. The Morgan fingerprint density at radius 3 is 1.98 bits per heavy atom. The predicted octanol–water partition coefficient (Wildman–Crippen LogP) is 6.13. The molecule has 50 heavy (non-hydrogen) atoms. The summed E-state index contributed by atoms with van der Waals surface area (Å²) in [5.74, 6) is -3.25. The highest BCUT2D eigenvalue weighted by Crippen LogP contribution is 2.42. The summed E-state index contributed by atoms with van der Waals surface area (Å²) in [4.78, 5) is 61.7. The molecule has 0 spiro atoms. The van der Waals surface area contributed by atoms with Gasteiger partial charge in [-0.05, 0) is 53.4 Å². The van der Waals surface area contributed by atoms with Crippen LogP contribution >= 0.6 is 0 Å². The van der Waals surface area contributed by atoms with Crippen molar-refractivity contribution in [1.29, 1.82) is 0 Å². The Kier molecular flexibility index (Phi) is 13.2. The predicted molar refractivity (Wildman–Crippen MR) is 187 cm³/mol. The van der Waals surface area contributed by atoms with Crippen LogP contribution in [-0.4, -0.2) is 70.4 Å². The standard InChI is InChI=1S/C33H31FN2O5.C5H10N2O2/c1-21(2)31-30(33(41)35-25-11-7-4-8-12-25)29(22-9-5-3-6-10-22)32(23-13-15-24(34)16-14-23)36(31)18-17-26(37)19-27(38)20-28(39)40;6-5(8)7-1-3-9-4-2-7/h3-16,21H,17-20H2,1-2H3,(H,35,41)(H,39,40);1-4H2,(H2,6,8). The van der Waals surface area contributed by atoms with Crippen molar-refractivity contribution >= 4 is 35.2 Å². The number of amides is 3. The molecule has 0 radical (unpaired) electrons. The molecule has 1 saturated heterocycles. The Hall–Kier alpha value is -5.62. The van der Waals surface area contributed by atoms with Gasteiger partial charge in [0.05, 0.1) is 30.9 Å². The van der Waals surface area contributed by atoms with Crippen molar-refractivity contribution in [1.82, 2.24) is 9.47 Å². The summed E-state index contributed by atoms with van der Waals surface area (Å²) in [5, 5.41) is 11.9. The Labute approximate surface area is 289 Å². The van der Waals surface area contributed by atoms with Crippen LogP contribution in [0.4, 0.5) is 14.9 Å². The summed E-state index contributed by atoms with van der Waals surface area (Å²) < 4.78 is 20.9. The average molecular weight is 685 g/mol. The Balaban J connectivity index is 0.000000541. The SMILES string of the molecule is CC(C)c1c(C(=O)Nc2ccccc2)c(-c2ccccc2)c(-c2ccc(F)cc2)n1CCC(=O)CC(=O)CC(=O)O.NC(=O)N1CCOCC1. The van der Waals surface area contributed by atoms with Gasteiger partial charge in [-0.3, -0.25) is 19.2 Å². The number of hydrogen-bond donors (Lipinski definition) is 3. The number of aliphatic carboxylic acids is 1. The highest BCUT2D eigenvalue weighted by atomic mass is 19.1. The molecule has 4 aromatic rings. The minimum absolute atomic E-state index is 0.0536. The quantitative estimate of drug-likeness (QED) is 0.151. The number of primary amides is 1. The number of aromatic nitrogens is 1. The number of nitrogens with one attached hydrogen (secondary N) is 1. The molecule has 0 atom stereocenters. The number of urea groups is 1. The first-order valence-electron chi connectivity index (χ1n) is 16.3. The van der Waals surface area contributed by atoms with Gasteiger partial charge in [0.15, 0.2) is 5.78 Å². The number of halogens is 1. The van der Waals surface area contributed by atoms with E-state index < -0.39 is 36.2 Å². The van der Waals surface area contributed by atoms with Crippen LogP contribution in [0.3, 0.4) is 0 Å². The molecular formula is C38H41FN4O7. The first kappa shape index (κ1) is 37.2. The van der Waals surface area contributed by atoms with E-state index in [4.69, 9.17) is 15.6 Å². The fraction of sp³-hybridized carbons (Fsp3) is 0.289. The summed E-state index contributed by atoms with van der Waals surface area (Å²) in [6, 6.07) is 24.1. The molecule has 0 unspecified atom stereocenters. The third kappa shape index (κ3) is 9.95. The van der Waals surface area contributed by atoms with E-state index in [2.05, 4.69) is 5.32 Å². The number of carboxylic acid groups (broad SMARTS) is 1. The van der Waals surface area contributed by atoms with E-state index in [1.807, 2.05) is 66.9 Å². The van der Waals surface area contributed by atoms with Gasteiger partial charge in [0, 0.05) is 43.0 Å². The van der Waals surface area contributed by atoms with Crippen molar-refractivity contribution in [3.8, 4) is 22.4 Å². The number of ketones is 2. The Morgan fingerprint density at radius 2 is 1.44 bits per heavy atom. The van der Waals surface area contributed by atoms with Gasteiger partial charge >= 0.3 is 12.0 Å². The third-order valence-electron chi connectivity index (χ3n) is 7.97. The average Bonchev–Trinajstić information content (AvgIpc) is 3.44. The Bertz CT molecular complexity index is 1800. The van der Waals surface area contributed by atoms with Crippen molar-refractivity contribution in [3.05, 3.63) is 102 Å². The number of carbonyl (C=O) groups is 5. The number of nitrogens with two attached hydrogens (primary N) is 1. The van der Waals surface area contributed by atoms with Crippen molar-refractivity contribution in [2.75, 3.05) is 31.6 Å². The van der Waals surface area contributed by atoms with Crippen molar-refractivity contribution in [2.24, 2.45) is 5.73 Å². The molecule has 5 rings (SSSR count). The van der Waals surface area contributed by atoms with E-state index >= 15 is 0 Å². The second kappa shape index (κ2) is 17.7. The smallest absolute Gasteiger partial charge is 0.314 e. The maximum absolute atomic E-state index is 14.0. The second-order valence-corrected chi connectivity index (χ2v) is 12.0. The van der Waals surface area contributed by atoms with Gasteiger partial charge in [0.2, 0.25) is 0 Å². The minimum Gasteiger partial charge on any atom is -0.481 e. The first-order chi connectivity index (χ1) is 24.0. The maximum atomic E-state index is 14.0. The largest absolute Gasteiger partial charge is 0.481 e. The monoisotopic (exact) mass is 684 g/mol. The van der Waals surface area contributed by atoms with Crippen molar-refractivity contribution in [3.63, 3.8) is 0 Å². The van der Waals surface area contributed by atoms with Gasteiger partial charge in [-0.1, -0.05) is 62.4 Å². The van der Waals surface area contributed by atoms with E-state index in [0.717, 1.165) is 5.56 Å². The van der Waals surface area contributed by atoms with Crippen LogP contribution in [0.5, 0.6) is 0 Å². The number of Topliss-reactive ketones (excluding diaryl/α,β-unsaturated/α-hetero) is 2. The van der Waals surface area contributed by atoms with Gasteiger partial charge in [-0.2, -0.15) is 0 Å². The summed E-state index contributed by atoms with van der Waals surface area (Å²) in [6.07, 6.45) is -1.25. The number of morpholine rings is 1. The molecular weight excluding hydrogens is 643 g/mol. The minimum atomic E-state index is -1.28.